The van der Waals surface area contributed by atoms with E-state index in [-0.39, 0.29) is 11.8 Å². The predicted octanol–water partition coefficient (Wildman–Crippen LogP) is 0.894. The van der Waals surface area contributed by atoms with Gasteiger partial charge in [0.05, 0.1) is 6.04 Å². The topological polar surface area (TPSA) is 83.8 Å². The van der Waals surface area contributed by atoms with Gasteiger partial charge in [0.1, 0.15) is 0 Å². The number of hydrogen-bond donors (Lipinski definition) is 3. The maximum atomic E-state index is 11.6. The Bertz CT molecular complexity index is 332. The highest BCUT2D eigenvalue weighted by Gasteiger charge is 2.17. The maximum absolute atomic E-state index is 11.6. The molecule has 0 aliphatic heterocycles. The van der Waals surface area contributed by atoms with Gasteiger partial charge in [0.25, 0.3) is 0 Å². The molecule has 1 rings (SSSR count). The van der Waals surface area contributed by atoms with Crippen molar-refractivity contribution in [3.63, 3.8) is 0 Å². The van der Waals surface area contributed by atoms with Crippen LogP contribution in [-0.4, -0.2) is 22.1 Å². The fourth-order valence-electron chi connectivity index (χ4n) is 1.12. The molecule has 5 nitrogen and oxygen atoms in total. The van der Waals surface area contributed by atoms with Crippen molar-refractivity contribution >= 4 is 11.7 Å². The molecule has 1 amide bonds. The smallest absolute Gasteiger partial charge is 0.242 e. The molecule has 0 aliphatic carbocycles. The van der Waals surface area contributed by atoms with Crippen molar-refractivity contribution in [3.8, 4) is 0 Å². The van der Waals surface area contributed by atoms with Crippen LogP contribution in [0.1, 0.15) is 26.5 Å². The molecule has 1 heterocycles. The largest absolute Gasteiger partial charge is 0.320 e. The van der Waals surface area contributed by atoms with Crippen LogP contribution in [-0.2, 0) is 11.2 Å². The Labute approximate surface area is 89.4 Å². The van der Waals surface area contributed by atoms with E-state index in [0.717, 1.165) is 12.1 Å². The van der Waals surface area contributed by atoms with Crippen LogP contribution in [0.4, 0.5) is 5.82 Å². The summed E-state index contributed by atoms with van der Waals surface area (Å²) in [6.45, 7) is 5.83. The molecule has 5 heteroatoms. The molecule has 0 aromatic carbocycles. The second-order valence-corrected chi connectivity index (χ2v) is 3.89. The summed E-state index contributed by atoms with van der Waals surface area (Å²) in [6.07, 6.45) is 0.860. The van der Waals surface area contributed by atoms with Gasteiger partial charge in [-0.3, -0.25) is 9.89 Å². The number of carbonyl (C=O) groups excluding carboxylic acids is 1. The van der Waals surface area contributed by atoms with Crippen molar-refractivity contribution in [2.24, 2.45) is 11.7 Å². The third kappa shape index (κ3) is 3.06. The number of aryl methyl sites for hydroxylation is 1. The van der Waals surface area contributed by atoms with Crippen molar-refractivity contribution in [2.45, 2.75) is 33.2 Å². The van der Waals surface area contributed by atoms with Gasteiger partial charge in [0.2, 0.25) is 5.91 Å². The number of nitrogens with two attached hydrogens (primary N) is 1. The van der Waals surface area contributed by atoms with Gasteiger partial charge in [0, 0.05) is 11.8 Å². The molecular formula is C10H18N4O. The molecule has 1 atom stereocenters. The summed E-state index contributed by atoms with van der Waals surface area (Å²) in [4.78, 5) is 11.6. The normalized spacial score (nSPS) is 12.9. The summed E-state index contributed by atoms with van der Waals surface area (Å²) in [6, 6.07) is 1.32. The lowest BCUT2D eigenvalue weighted by Crippen LogP contribution is -2.39. The minimum Gasteiger partial charge on any atom is -0.320 e. The molecule has 0 fully saturated rings. The maximum Gasteiger partial charge on any atom is 0.242 e. The highest BCUT2D eigenvalue weighted by Crippen LogP contribution is 2.07. The lowest BCUT2D eigenvalue weighted by Gasteiger charge is -2.13. The molecule has 84 valence electrons. The van der Waals surface area contributed by atoms with Crippen LogP contribution in [0.2, 0.25) is 0 Å². The van der Waals surface area contributed by atoms with E-state index in [1.54, 1.807) is 0 Å². The van der Waals surface area contributed by atoms with Crippen molar-refractivity contribution < 1.29 is 4.79 Å². The Balaban J connectivity index is 2.58. The molecule has 0 radical (unpaired) electrons. The average Bonchev–Trinajstić information content (AvgIpc) is 2.64. The number of rotatable bonds is 4. The van der Waals surface area contributed by atoms with Crippen LogP contribution in [0.5, 0.6) is 0 Å². The molecule has 0 spiro atoms. The van der Waals surface area contributed by atoms with E-state index in [1.165, 1.54) is 0 Å². The summed E-state index contributed by atoms with van der Waals surface area (Å²) in [5.41, 5.74) is 6.69. The molecule has 15 heavy (non-hydrogen) atoms. The molecule has 1 aromatic rings. The number of H-pyrrole nitrogens is 1. The highest BCUT2D eigenvalue weighted by atomic mass is 16.2. The monoisotopic (exact) mass is 210 g/mol. The minimum absolute atomic E-state index is 0.120. The highest BCUT2D eigenvalue weighted by molar-refractivity contribution is 5.94. The molecule has 0 unspecified atom stereocenters. The number of aromatic nitrogens is 2. The van der Waals surface area contributed by atoms with Crippen LogP contribution >= 0.6 is 0 Å². The zero-order valence-corrected chi connectivity index (χ0v) is 9.37. The van der Waals surface area contributed by atoms with Crippen molar-refractivity contribution in [2.75, 3.05) is 5.32 Å². The Kier molecular flexibility index (Phi) is 3.85. The van der Waals surface area contributed by atoms with Crippen LogP contribution < -0.4 is 11.1 Å². The Morgan fingerprint density at radius 1 is 1.67 bits per heavy atom. The standard InChI is InChI=1S/C10H18N4O/c1-4-7-5-8(14-13-7)12-10(15)9(11)6(2)3/h5-6,9H,4,11H2,1-3H3,(H2,12,13,14,15)/t9-/m1/s1. The molecule has 0 saturated heterocycles. The predicted molar refractivity (Wildman–Crippen MR) is 59.4 cm³/mol. The summed E-state index contributed by atoms with van der Waals surface area (Å²) in [5.74, 6) is 0.460. The lowest BCUT2D eigenvalue weighted by atomic mass is 10.1. The molecule has 0 saturated carbocycles. The van der Waals surface area contributed by atoms with E-state index in [1.807, 2.05) is 26.8 Å². The number of amides is 1. The van der Waals surface area contributed by atoms with Gasteiger partial charge in [-0.25, -0.2) is 0 Å². The first-order valence-corrected chi connectivity index (χ1v) is 5.15. The van der Waals surface area contributed by atoms with Crippen LogP contribution in [0.15, 0.2) is 6.07 Å². The molecule has 0 aliphatic rings. The summed E-state index contributed by atoms with van der Waals surface area (Å²) in [5, 5.41) is 9.45. The van der Waals surface area contributed by atoms with E-state index in [9.17, 15) is 4.79 Å². The fraction of sp³-hybridized carbons (Fsp3) is 0.600. The average molecular weight is 210 g/mol. The van der Waals surface area contributed by atoms with Gasteiger partial charge in [-0.2, -0.15) is 5.10 Å². The van der Waals surface area contributed by atoms with Crippen molar-refractivity contribution in [3.05, 3.63) is 11.8 Å². The van der Waals surface area contributed by atoms with Gasteiger partial charge in [-0.15, -0.1) is 0 Å². The van der Waals surface area contributed by atoms with Gasteiger partial charge in [-0.05, 0) is 12.3 Å². The molecular weight excluding hydrogens is 192 g/mol. The third-order valence-electron chi connectivity index (χ3n) is 2.28. The van der Waals surface area contributed by atoms with Crippen LogP contribution in [0.25, 0.3) is 0 Å². The number of nitrogens with zero attached hydrogens (tertiary/aromatic N) is 1. The Morgan fingerprint density at radius 3 is 2.80 bits per heavy atom. The van der Waals surface area contributed by atoms with Crippen molar-refractivity contribution in [1.82, 2.24) is 10.2 Å². The summed E-state index contributed by atoms with van der Waals surface area (Å²) < 4.78 is 0. The van der Waals surface area contributed by atoms with Crippen LogP contribution in [0.3, 0.4) is 0 Å². The van der Waals surface area contributed by atoms with Crippen molar-refractivity contribution in [1.29, 1.82) is 0 Å². The molecule has 0 bridgehead atoms. The first-order valence-electron chi connectivity index (χ1n) is 5.15. The first-order chi connectivity index (χ1) is 7.04. The third-order valence-corrected chi connectivity index (χ3v) is 2.28. The van der Waals surface area contributed by atoms with Gasteiger partial charge in [-0.1, -0.05) is 20.8 Å². The summed E-state index contributed by atoms with van der Waals surface area (Å²) in [7, 11) is 0. The zero-order chi connectivity index (χ0) is 11.4. The molecule has 1 aromatic heterocycles. The van der Waals surface area contributed by atoms with Gasteiger partial charge in [0.15, 0.2) is 5.82 Å². The lowest BCUT2D eigenvalue weighted by molar-refractivity contribution is -0.118. The van der Waals surface area contributed by atoms with E-state index in [4.69, 9.17) is 5.73 Å². The van der Waals surface area contributed by atoms with E-state index < -0.39 is 6.04 Å². The first kappa shape index (κ1) is 11.7. The van der Waals surface area contributed by atoms with Gasteiger partial charge < -0.3 is 11.1 Å². The van der Waals surface area contributed by atoms with E-state index in [2.05, 4.69) is 15.5 Å². The number of anilines is 1. The van der Waals surface area contributed by atoms with Crippen LogP contribution in [0, 0.1) is 5.92 Å². The second-order valence-electron chi connectivity index (χ2n) is 3.89. The number of carbonyl (C=O) groups is 1. The second kappa shape index (κ2) is 4.93. The minimum atomic E-state index is -0.494. The fourth-order valence-corrected chi connectivity index (χ4v) is 1.12. The number of aromatic amines is 1. The van der Waals surface area contributed by atoms with Gasteiger partial charge >= 0.3 is 0 Å². The quantitative estimate of drug-likeness (QED) is 0.690. The van der Waals surface area contributed by atoms with E-state index in [0.29, 0.717) is 5.82 Å². The Morgan fingerprint density at radius 2 is 2.33 bits per heavy atom. The zero-order valence-electron chi connectivity index (χ0n) is 9.37. The summed E-state index contributed by atoms with van der Waals surface area (Å²) >= 11 is 0. The number of nitrogens with one attached hydrogen (secondary N) is 2. The molecule has 4 N–H and O–H groups in total. The van der Waals surface area contributed by atoms with E-state index >= 15 is 0 Å². The SMILES string of the molecule is CCc1cc(NC(=O)[C@H](N)C(C)C)n[nH]1. The number of hydrogen-bond acceptors (Lipinski definition) is 3. The Hall–Kier alpha value is -1.36.